The zero-order chi connectivity index (χ0) is 20.6. The van der Waals surface area contributed by atoms with Gasteiger partial charge in [-0.1, -0.05) is 0 Å². The maximum Gasteiger partial charge on any atom is 0.414 e. The third-order valence-corrected chi connectivity index (χ3v) is 4.33. The van der Waals surface area contributed by atoms with Crippen molar-refractivity contribution in [1.82, 2.24) is 4.98 Å². The van der Waals surface area contributed by atoms with Gasteiger partial charge in [0.25, 0.3) is 0 Å². The number of pyridine rings is 1. The number of ether oxygens (including phenoxy) is 1. The largest absolute Gasteiger partial charge is 0.443 e. The average molecular weight is 386 g/mol. The van der Waals surface area contributed by atoms with E-state index in [1.807, 2.05) is 0 Å². The second-order valence-electron chi connectivity index (χ2n) is 7.72. The third-order valence-electron chi connectivity index (χ3n) is 4.33. The van der Waals surface area contributed by atoms with E-state index in [1.165, 1.54) is 19.2 Å². The van der Waals surface area contributed by atoms with Crippen LogP contribution in [0.25, 0.3) is 0 Å². The highest BCUT2D eigenvalue weighted by Gasteiger charge is 2.28. The Morgan fingerprint density at radius 1 is 1.29 bits per heavy atom. The molecule has 1 aliphatic heterocycles. The molecule has 1 aliphatic rings. The number of fused-ring (bicyclic) bond motifs is 1. The highest BCUT2D eigenvalue weighted by molar-refractivity contribution is 6.03. The smallest absolute Gasteiger partial charge is 0.414 e. The van der Waals surface area contributed by atoms with Crippen molar-refractivity contribution in [1.29, 1.82) is 0 Å². The monoisotopic (exact) mass is 386 g/mol. The molecule has 148 valence electrons. The van der Waals surface area contributed by atoms with Crippen molar-refractivity contribution in [2.75, 3.05) is 29.1 Å². The van der Waals surface area contributed by atoms with Crippen LogP contribution in [-0.4, -0.2) is 36.1 Å². The molecule has 0 fully saturated rings. The quantitative estimate of drug-likeness (QED) is 0.851. The first kappa shape index (κ1) is 19.6. The van der Waals surface area contributed by atoms with E-state index in [1.54, 1.807) is 44.0 Å². The summed E-state index contributed by atoms with van der Waals surface area (Å²) >= 11 is 0. The topological polar surface area (TPSA) is 88.8 Å². The molecular formula is C20H23FN4O3. The number of anilines is 3. The number of aromatic nitrogens is 1. The van der Waals surface area contributed by atoms with Gasteiger partial charge in [0.15, 0.2) is 5.78 Å². The van der Waals surface area contributed by atoms with Gasteiger partial charge in [0.1, 0.15) is 17.2 Å². The van der Waals surface area contributed by atoms with Crippen LogP contribution in [0.15, 0.2) is 30.5 Å². The second kappa shape index (κ2) is 7.10. The molecule has 0 atom stereocenters. The molecule has 3 rings (SSSR count). The molecule has 7 nitrogen and oxygen atoms in total. The van der Waals surface area contributed by atoms with E-state index in [-0.39, 0.29) is 18.0 Å². The number of amides is 1. The summed E-state index contributed by atoms with van der Waals surface area (Å²) in [6.07, 6.45) is 0.887. The molecule has 28 heavy (non-hydrogen) atoms. The summed E-state index contributed by atoms with van der Waals surface area (Å²) in [5.74, 6) is -0.387. The first-order valence-electron chi connectivity index (χ1n) is 8.84. The predicted octanol–water partition coefficient (Wildman–Crippen LogP) is 3.38. The molecular weight excluding hydrogens is 363 g/mol. The summed E-state index contributed by atoms with van der Waals surface area (Å²) in [5.41, 5.74) is 6.56. The number of halogens is 1. The molecule has 0 radical (unpaired) electrons. The molecule has 2 aromatic rings. The first-order valence-corrected chi connectivity index (χ1v) is 8.84. The Hall–Kier alpha value is -3.16. The van der Waals surface area contributed by atoms with Crippen LogP contribution in [0.3, 0.4) is 0 Å². The number of benzene rings is 1. The number of nitrogens with two attached hydrogens (primary N) is 1. The van der Waals surface area contributed by atoms with Crippen molar-refractivity contribution in [3.63, 3.8) is 0 Å². The van der Waals surface area contributed by atoms with E-state index in [0.717, 1.165) is 10.6 Å². The van der Waals surface area contributed by atoms with Gasteiger partial charge in [-0.3, -0.25) is 9.69 Å². The van der Waals surface area contributed by atoms with Crippen LogP contribution in [0.4, 0.5) is 26.4 Å². The minimum absolute atomic E-state index is 0.00366. The number of Topliss-reactive ketones (excluding diaryl/α,β-unsaturated/α-hetero) is 1. The van der Waals surface area contributed by atoms with Gasteiger partial charge >= 0.3 is 6.09 Å². The van der Waals surface area contributed by atoms with E-state index in [2.05, 4.69) is 4.98 Å². The molecule has 2 heterocycles. The van der Waals surface area contributed by atoms with E-state index in [4.69, 9.17) is 10.5 Å². The van der Waals surface area contributed by atoms with Crippen molar-refractivity contribution in [3.8, 4) is 0 Å². The number of hydrogen-bond acceptors (Lipinski definition) is 6. The Labute approximate surface area is 162 Å². The standard InChI is InChI=1S/C20H23FN4O3/c1-20(2,3)28-19(27)24(4)16-8-14-12(7-15(16)21)10-25(11-17(14)26)13-5-6-18(22)23-9-13/h5-9H,10-11H2,1-4H3,(H2,22,23). The lowest BCUT2D eigenvalue weighted by Crippen LogP contribution is -2.37. The van der Waals surface area contributed by atoms with Crippen molar-refractivity contribution < 1.29 is 18.7 Å². The molecule has 1 amide bonds. The number of carbonyl (C=O) groups excluding carboxylic acids is 2. The van der Waals surface area contributed by atoms with Crippen molar-refractivity contribution >= 4 is 29.1 Å². The Morgan fingerprint density at radius 2 is 2.00 bits per heavy atom. The number of carbonyl (C=O) groups is 2. The van der Waals surface area contributed by atoms with Crippen molar-refractivity contribution in [2.24, 2.45) is 0 Å². The van der Waals surface area contributed by atoms with Crippen LogP contribution in [0, 0.1) is 5.82 Å². The number of ketones is 1. The Balaban J connectivity index is 1.89. The Morgan fingerprint density at radius 3 is 2.61 bits per heavy atom. The Kier molecular flexibility index (Phi) is 4.97. The van der Waals surface area contributed by atoms with Gasteiger partial charge in [-0.25, -0.2) is 14.2 Å². The maximum absolute atomic E-state index is 14.7. The van der Waals surface area contributed by atoms with Gasteiger partial charge < -0.3 is 15.4 Å². The van der Waals surface area contributed by atoms with Gasteiger partial charge in [-0.15, -0.1) is 0 Å². The maximum atomic E-state index is 14.7. The number of rotatable bonds is 2. The lowest BCUT2D eigenvalue weighted by atomic mass is 9.97. The molecule has 1 aromatic heterocycles. The van der Waals surface area contributed by atoms with E-state index in [0.29, 0.717) is 23.5 Å². The van der Waals surface area contributed by atoms with Crippen LogP contribution in [0.5, 0.6) is 0 Å². The Bertz CT molecular complexity index is 922. The summed E-state index contributed by atoms with van der Waals surface area (Å²) < 4.78 is 20.0. The van der Waals surface area contributed by atoms with E-state index < -0.39 is 17.5 Å². The number of nitrogens with zero attached hydrogens (tertiary/aromatic N) is 3. The molecule has 0 spiro atoms. The minimum atomic E-state index is -0.709. The zero-order valence-electron chi connectivity index (χ0n) is 16.3. The summed E-state index contributed by atoms with van der Waals surface area (Å²) in [6, 6.07) is 6.12. The van der Waals surface area contributed by atoms with Crippen LogP contribution in [0.2, 0.25) is 0 Å². The number of hydrogen-bond donors (Lipinski definition) is 1. The molecule has 0 aliphatic carbocycles. The van der Waals surface area contributed by atoms with Gasteiger partial charge in [0.2, 0.25) is 0 Å². The fourth-order valence-corrected chi connectivity index (χ4v) is 2.97. The lowest BCUT2D eigenvalue weighted by molar-refractivity contribution is 0.0588. The molecule has 8 heteroatoms. The molecule has 0 saturated heterocycles. The van der Waals surface area contributed by atoms with Crippen molar-refractivity contribution in [2.45, 2.75) is 32.9 Å². The van der Waals surface area contributed by atoms with Crippen LogP contribution < -0.4 is 15.5 Å². The number of nitrogen functional groups attached to an aromatic ring is 1. The van der Waals surface area contributed by atoms with Gasteiger partial charge in [0.05, 0.1) is 24.1 Å². The lowest BCUT2D eigenvalue weighted by Gasteiger charge is -2.31. The molecule has 0 unspecified atom stereocenters. The SMILES string of the molecule is CN(C(=O)OC(C)(C)C)c1cc2c(cc1F)CN(c1ccc(N)nc1)CC2=O. The predicted molar refractivity (Wildman–Crippen MR) is 105 cm³/mol. The summed E-state index contributed by atoms with van der Waals surface area (Å²) in [4.78, 5) is 31.8. The van der Waals surface area contributed by atoms with Crippen LogP contribution in [0.1, 0.15) is 36.7 Å². The highest BCUT2D eigenvalue weighted by atomic mass is 19.1. The van der Waals surface area contributed by atoms with Gasteiger partial charge in [0, 0.05) is 19.2 Å². The van der Waals surface area contributed by atoms with Gasteiger partial charge in [-0.05, 0) is 50.6 Å². The summed E-state index contributed by atoms with van der Waals surface area (Å²) in [6.45, 7) is 5.66. The summed E-state index contributed by atoms with van der Waals surface area (Å²) in [5, 5.41) is 0. The third kappa shape index (κ3) is 4.05. The van der Waals surface area contributed by atoms with Crippen LogP contribution in [-0.2, 0) is 11.3 Å². The molecule has 0 bridgehead atoms. The summed E-state index contributed by atoms with van der Waals surface area (Å²) in [7, 11) is 1.42. The van der Waals surface area contributed by atoms with Crippen molar-refractivity contribution in [3.05, 3.63) is 47.4 Å². The average Bonchev–Trinajstić information content (AvgIpc) is 2.59. The van der Waals surface area contributed by atoms with Crippen LogP contribution >= 0.6 is 0 Å². The normalized spacial score (nSPS) is 13.9. The fraction of sp³-hybridized carbons (Fsp3) is 0.350. The minimum Gasteiger partial charge on any atom is -0.443 e. The zero-order valence-corrected chi connectivity index (χ0v) is 16.3. The molecule has 0 saturated carbocycles. The van der Waals surface area contributed by atoms with E-state index in [9.17, 15) is 14.0 Å². The highest BCUT2D eigenvalue weighted by Crippen LogP contribution is 2.30. The second-order valence-corrected chi connectivity index (χ2v) is 7.72. The van der Waals surface area contributed by atoms with E-state index >= 15 is 0 Å². The molecule has 2 N–H and O–H groups in total. The van der Waals surface area contributed by atoms with Gasteiger partial charge in [-0.2, -0.15) is 0 Å². The molecule has 1 aromatic carbocycles. The fourth-order valence-electron chi connectivity index (χ4n) is 2.97. The first-order chi connectivity index (χ1) is 13.0.